The third-order valence-corrected chi connectivity index (χ3v) is 6.54. The number of halogens is 2. The fraction of sp³-hybridized carbons (Fsp3) is 0.400. The van der Waals surface area contributed by atoms with Gasteiger partial charge in [0.05, 0.1) is 18.1 Å². The number of aryl methyl sites for hydroxylation is 2. The molecule has 4 aromatic rings. The van der Waals surface area contributed by atoms with Gasteiger partial charge in [-0.25, -0.2) is 18.7 Å². The van der Waals surface area contributed by atoms with Crippen molar-refractivity contribution in [2.24, 2.45) is 0 Å². The van der Waals surface area contributed by atoms with Gasteiger partial charge in [-0.2, -0.15) is 0 Å². The predicted molar refractivity (Wildman–Crippen MR) is 151 cm³/mol. The zero-order valence-corrected chi connectivity index (χ0v) is 23.2. The van der Waals surface area contributed by atoms with Crippen molar-refractivity contribution in [1.82, 2.24) is 24.8 Å². The van der Waals surface area contributed by atoms with Crippen LogP contribution in [0.15, 0.2) is 55.0 Å². The second-order valence-corrected chi connectivity index (χ2v) is 8.94. The third-order valence-electron chi connectivity index (χ3n) is 6.54. The summed E-state index contributed by atoms with van der Waals surface area (Å²) in [4.78, 5) is 21.2. The van der Waals surface area contributed by atoms with E-state index in [2.05, 4.69) is 55.7 Å². The van der Waals surface area contributed by atoms with Gasteiger partial charge in [-0.1, -0.05) is 33.8 Å². The van der Waals surface area contributed by atoms with Crippen LogP contribution in [-0.4, -0.2) is 57.1 Å². The number of fused-ring (bicyclic) bond motifs is 1. The Morgan fingerprint density at radius 3 is 2.39 bits per heavy atom. The molecule has 202 valence electrons. The summed E-state index contributed by atoms with van der Waals surface area (Å²) in [6.07, 6.45) is 5.83. The third kappa shape index (κ3) is 7.07. The molecule has 3 aromatic heterocycles. The molecule has 38 heavy (non-hydrogen) atoms. The molecule has 0 radical (unpaired) electrons. The minimum absolute atomic E-state index is 0.0946. The van der Waals surface area contributed by atoms with Crippen LogP contribution in [0.2, 0.25) is 0 Å². The van der Waals surface area contributed by atoms with Gasteiger partial charge in [-0.15, -0.1) is 0 Å². The summed E-state index contributed by atoms with van der Waals surface area (Å²) in [6, 6.07) is 11.3. The summed E-state index contributed by atoms with van der Waals surface area (Å²) in [6.45, 7) is 16.8. The molecular weight excluding hydrogens is 482 g/mol. The van der Waals surface area contributed by atoms with E-state index in [1.807, 2.05) is 27.0 Å². The van der Waals surface area contributed by atoms with Crippen molar-refractivity contribution in [2.75, 3.05) is 31.1 Å². The molecule has 8 heteroatoms. The van der Waals surface area contributed by atoms with E-state index in [0.717, 1.165) is 25.0 Å². The Balaban J connectivity index is 0.000000199. The molecule has 0 unspecified atom stereocenters. The number of likely N-dealkylation sites (N-methyl/N-ethyl adjacent to an activating group) is 1. The number of piperazine rings is 1. The van der Waals surface area contributed by atoms with Gasteiger partial charge in [-0.05, 0) is 57.1 Å². The van der Waals surface area contributed by atoms with Gasteiger partial charge >= 0.3 is 0 Å². The molecule has 1 fully saturated rings. The highest BCUT2D eigenvalue weighted by molar-refractivity contribution is 5.84. The Labute approximate surface area is 224 Å². The lowest BCUT2D eigenvalue weighted by atomic mass is 10.1. The van der Waals surface area contributed by atoms with Crippen LogP contribution in [0.3, 0.4) is 0 Å². The monoisotopic (exact) mass is 520 g/mol. The number of hydrogen-bond donors (Lipinski definition) is 0. The molecule has 1 atom stereocenters. The molecule has 0 amide bonds. The number of rotatable bonds is 4. The normalized spacial score (nSPS) is 15.4. The lowest BCUT2D eigenvalue weighted by Crippen LogP contribution is -2.52. The smallest absolute Gasteiger partial charge is 0.167 e. The molecule has 1 saturated heterocycles. The second kappa shape index (κ2) is 13.9. The van der Waals surface area contributed by atoms with Gasteiger partial charge in [0, 0.05) is 48.5 Å². The quantitative estimate of drug-likeness (QED) is 0.302. The minimum Gasteiger partial charge on any atom is -0.367 e. The van der Waals surface area contributed by atoms with Crippen LogP contribution >= 0.6 is 0 Å². The van der Waals surface area contributed by atoms with Crippen LogP contribution in [0.25, 0.3) is 22.2 Å². The maximum absolute atomic E-state index is 13.9. The van der Waals surface area contributed by atoms with E-state index in [9.17, 15) is 8.78 Å². The molecule has 1 aromatic carbocycles. The molecule has 4 heterocycles. The van der Waals surface area contributed by atoms with Crippen LogP contribution in [0.5, 0.6) is 0 Å². The highest BCUT2D eigenvalue weighted by Gasteiger charge is 2.24. The fourth-order valence-corrected chi connectivity index (χ4v) is 4.52. The van der Waals surface area contributed by atoms with Crippen molar-refractivity contribution in [3.05, 3.63) is 78.1 Å². The van der Waals surface area contributed by atoms with E-state index < -0.39 is 11.6 Å². The van der Waals surface area contributed by atoms with E-state index in [4.69, 9.17) is 0 Å². The van der Waals surface area contributed by atoms with Crippen LogP contribution in [-0.2, 0) is 0 Å². The Hall–Kier alpha value is -3.52. The Bertz CT molecular complexity index is 1310. The minimum atomic E-state index is -0.576. The van der Waals surface area contributed by atoms with Gasteiger partial charge in [0.2, 0.25) is 0 Å². The molecule has 6 nitrogen and oxygen atoms in total. The van der Waals surface area contributed by atoms with E-state index in [-0.39, 0.29) is 11.2 Å². The van der Waals surface area contributed by atoms with Crippen LogP contribution < -0.4 is 4.90 Å². The van der Waals surface area contributed by atoms with Crippen LogP contribution in [0, 0.1) is 25.5 Å². The average molecular weight is 521 g/mol. The zero-order valence-electron chi connectivity index (χ0n) is 23.2. The highest BCUT2D eigenvalue weighted by atomic mass is 19.1. The molecule has 0 bridgehead atoms. The maximum Gasteiger partial charge on any atom is 0.167 e. The molecule has 1 aliphatic rings. The molecule has 1 aliphatic heterocycles. The fourth-order valence-electron chi connectivity index (χ4n) is 4.52. The van der Waals surface area contributed by atoms with Crippen LogP contribution in [0.4, 0.5) is 14.5 Å². The summed E-state index contributed by atoms with van der Waals surface area (Å²) < 4.78 is 27.7. The Kier molecular flexibility index (Phi) is 10.6. The van der Waals surface area contributed by atoms with E-state index in [1.165, 1.54) is 37.5 Å². The second-order valence-electron chi connectivity index (χ2n) is 8.94. The first-order chi connectivity index (χ1) is 18.4. The molecule has 0 spiro atoms. The lowest BCUT2D eigenvalue weighted by Gasteiger charge is -2.41. The molecule has 0 N–H and O–H groups in total. The number of anilines is 1. The van der Waals surface area contributed by atoms with Crippen molar-refractivity contribution in [1.29, 1.82) is 0 Å². The van der Waals surface area contributed by atoms with Crippen LogP contribution in [0.1, 0.15) is 45.6 Å². The molecule has 5 rings (SSSR count). The first-order valence-electron chi connectivity index (χ1n) is 13.3. The van der Waals surface area contributed by atoms with E-state index in [0.29, 0.717) is 22.8 Å². The summed E-state index contributed by atoms with van der Waals surface area (Å²) in [5.41, 5.74) is 3.09. The van der Waals surface area contributed by atoms with Crippen molar-refractivity contribution in [3.8, 4) is 11.3 Å². The number of hydrogen-bond acceptors (Lipinski definition) is 6. The largest absolute Gasteiger partial charge is 0.367 e. The van der Waals surface area contributed by atoms with E-state index >= 15 is 0 Å². The lowest BCUT2D eigenvalue weighted by molar-refractivity contribution is 0.181. The van der Waals surface area contributed by atoms with Gasteiger partial charge < -0.3 is 4.90 Å². The SMILES string of the molecule is CC.CC[C@@H]1CN(c2ccc(C)nc2)CCN1CC.Cc1ncc(F)c(-c2cc(F)c3ncccc3c2)n1. The molecule has 0 aliphatic carbocycles. The average Bonchev–Trinajstić information content (AvgIpc) is 2.96. The zero-order chi connectivity index (χ0) is 27.7. The standard InChI is InChI=1S/C14H9F2N3.C14H23N3.C2H6/c1-8-18-7-12(16)14(19-8)10-5-9-3-2-4-17-13(9)11(15)6-10;1-4-13-11-17(9-8-16(13)5-2)14-7-6-12(3)15-10-14;1-2/h2-7H,1H3;6-7,10,13H,4-5,8-9,11H2,1-3H3;1-2H3/t;13-;/m.1./s1. The van der Waals surface area contributed by atoms with Crippen molar-refractivity contribution in [3.63, 3.8) is 0 Å². The van der Waals surface area contributed by atoms with Gasteiger partial charge in [0.1, 0.15) is 22.9 Å². The summed E-state index contributed by atoms with van der Waals surface area (Å²) >= 11 is 0. The first kappa shape index (κ1) is 29.0. The topological polar surface area (TPSA) is 58.0 Å². The van der Waals surface area contributed by atoms with Gasteiger partial charge in [-0.3, -0.25) is 14.9 Å². The summed E-state index contributed by atoms with van der Waals surface area (Å²) in [5, 5.41) is 0.605. The first-order valence-corrected chi connectivity index (χ1v) is 13.3. The maximum atomic E-state index is 13.9. The van der Waals surface area contributed by atoms with Crippen molar-refractivity contribution in [2.45, 2.75) is 54.0 Å². The predicted octanol–water partition coefficient (Wildman–Crippen LogP) is 6.62. The summed E-state index contributed by atoms with van der Waals surface area (Å²) in [7, 11) is 0. The summed E-state index contributed by atoms with van der Waals surface area (Å²) in [5.74, 6) is -0.639. The molecular formula is C30H38F2N6. The Morgan fingerprint density at radius 2 is 1.71 bits per heavy atom. The van der Waals surface area contributed by atoms with E-state index in [1.54, 1.807) is 25.1 Å². The number of pyridine rings is 2. The van der Waals surface area contributed by atoms with Crippen molar-refractivity contribution >= 4 is 16.6 Å². The Morgan fingerprint density at radius 1 is 0.921 bits per heavy atom. The highest BCUT2D eigenvalue weighted by Crippen LogP contribution is 2.26. The van der Waals surface area contributed by atoms with Gasteiger partial charge in [0.25, 0.3) is 0 Å². The van der Waals surface area contributed by atoms with Gasteiger partial charge in [0.15, 0.2) is 5.82 Å². The number of benzene rings is 1. The van der Waals surface area contributed by atoms with Crippen molar-refractivity contribution < 1.29 is 8.78 Å². The number of nitrogens with zero attached hydrogens (tertiary/aromatic N) is 6. The molecule has 0 saturated carbocycles. The number of aromatic nitrogens is 4.